The van der Waals surface area contributed by atoms with Crippen LogP contribution in [0.25, 0.3) is 5.57 Å². The Hall–Kier alpha value is -1.26. The van der Waals surface area contributed by atoms with E-state index < -0.39 is 5.95 Å². The molecule has 104 valence electrons. The van der Waals surface area contributed by atoms with Crippen LogP contribution in [0.3, 0.4) is 0 Å². The maximum absolute atomic E-state index is 13.7. The maximum atomic E-state index is 13.7. The molecule has 5 heteroatoms. The molecular weight excluding hydrogens is 265 g/mol. The lowest BCUT2D eigenvalue weighted by Crippen LogP contribution is -2.19. The molecule has 0 aliphatic heterocycles. The average molecular weight is 284 g/mol. The molecule has 19 heavy (non-hydrogen) atoms. The van der Waals surface area contributed by atoms with Crippen molar-refractivity contribution < 1.29 is 4.39 Å². The summed E-state index contributed by atoms with van der Waals surface area (Å²) in [6.45, 7) is 4.02. The van der Waals surface area contributed by atoms with Crippen molar-refractivity contribution in [2.45, 2.75) is 32.7 Å². The van der Waals surface area contributed by atoms with Crippen molar-refractivity contribution in [3.05, 3.63) is 41.2 Å². The highest BCUT2D eigenvalue weighted by molar-refractivity contribution is 6.36. The quantitative estimate of drug-likeness (QED) is 0.812. The first kappa shape index (κ1) is 15.8. The molecule has 0 amide bonds. The molecule has 0 aliphatic rings. The molecule has 0 saturated heterocycles. The Balaban J connectivity index is 3.02. The van der Waals surface area contributed by atoms with Gasteiger partial charge in [-0.1, -0.05) is 30.7 Å². The summed E-state index contributed by atoms with van der Waals surface area (Å²) in [5.74, 6) is -0.601. The van der Waals surface area contributed by atoms with Crippen molar-refractivity contribution in [2.75, 3.05) is 7.05 Å². The van der Waals surface area contributed by atoms with Crippen LogP contribution < -0.4 is 5.32 Å². The summed E-state index contributed by atoms with van der Waals surface area (Å²) in [5, 5.41) is 3.62. The molecule has 0 saturated carbocycles. The number of aromatic nitrogens is 2. The normalized spacial score (nSPS) is 14.6. The number of rotatable bonds is 6. The summed E-state index contributed by atoms with van der Waals surface area (Å²) in [4.78, 5) is 7.63. The van der Waals surface area contributed by atoms with E-state index in [1.165, 1.54) is 12.4 Å². The smallest absolute Gasteiger partial charge is 0.239 e. The lowest BCUT2D eigenvalue weighted by atomic mass is 10.1. The molecule has 0 aliphatic carbocycles. The Morgan fingerprint density at radius 3 is 2.68 bits per heavy atom. The van der Waals surface area contributed by atoms with Gasteiger partial charge in [-0.25, -0.2) is 9.97 Å². The van der Waals surface area contributed by atoms with Crippen LogP contribution in [0.4, 0.5) is 4.39 Å². The van der Waals surface area contributed by atoms with Crippen LogP contribution in [0.1, 0.15) is 32.4 Å². The second-order valence-corrected chi connectivity index (χ2v) is 4.61. The van der Waals surface area contributed by atoms with Crippen LogP contribution >= 0.6 is 11.6 Å². The lowest BCUT2D eigenvalue weighted by Gasteiger charge is -2.09. The minimum absolute atomic E-state index is 0.197. The van der Waals surface area contributed by atoms with Gasteiger partial charge in [-0.3, -0.25) is 0 Å². The summed E-state index contributed by atoms with van der Waals surface area (Å²) < 4.78 is 13.7. The van der Waals surface area contributed by atoms with E-state index in [1.807, 2.05) is 33.0 Å². The molecule has 3 nitrogen and oxygen atoms in total. The van der Waals surface area contributed by atoms with Gasteiger partial charge >= 0.3 is 0 Å². The van der Waals surface area contributed by atoms with Crippen LogP contribution in [-0.4, -0.2) is 23.1 Å². The monoisotopic (exact) mass is 283 g/mol. The molecule has 1 rings (SSSR count). The highest BCUT2D eigenvalue weighted by atomic mass is 35.5. The standard InChI is InChI=1S/C14H19ClFN3/c1-4-5-11(12(15)7-6-10(2)17-3)13-14(16)19-9-8-18-13/h5,7-10,17H,4,6H2,1-3H3/b11-5+,12-7+. The number of hydrogen-bond acceptors (Lipinski definition) is 3. The molecule has 0 bridgehead atoms. The summed E-state index contributed by atoms with van der Waals surface area (Å²) in [5.41, 5.74) is 0.792. The fraction of sp³-hybridized carbons (Fsp3) is 0.429. The Kier molecular flexibility index (Phi) is 6.67. The molecule has 1 atom stereocenters. The van der Waals surface area contributed by atoms with E-state index in [1.54, 1.807) is 0 Å². The molecule has 0 radical (unpaired) electrons. The van der Waals surface area contributed by atoms with Gasteiger partial charge in [-0.15, -0.1) is 0 Å². The number of allylic oxidation sites excluding steroid dienone is 3. The molecule has 1 aromatic heterocycles. The lowest BCUT2D eigenvalue weighted by molar-refractivity contribution is 0.572. The summed E-state index contributed by atoms with van der Waals surface area (Å²) in [7, 11) is 1.89. The van der Waals surface area contributed by atoms with Gasteiger partial charge in [0.2, 0.25) is 5.95 Å². The van der Waals surface area contributed by atoms with Gasteiger partial charge in [-0.05, 0) is 26.8 Å². The Bertz CT molecular complexity index is 472. The van der Waals surface area contributed by atoms with Crippen LogP contribution in [-0.2, 0) is 0 Å². The van der Waals surface area contributed by atoms with E-state index in [9.17, 15) is 4.39 Å². The second-order valence-electron chi connectivity index (χ2n) is 4.20. The van der Waals surface area contributed by atoms with Crippen LogP contribution in [0.15, 0.2) is 29.6 Å². The molecule has 1 heterocycles. The highest BCUT2D eigenvalue weighted by Crippen LogP contribution is 2.26. The Morgan fingerprint density at radius 1 is 1.42 bits per heavy atom. The number of halogens is 2. The Morgan fingerprint density at radius 2 is 2.11 bits per heavy atom. The largest absolute Gasteiger partial charge is 0.317 e. The van der Waals surface area contributed by atoms with E-state index in [0.717, 1.165) is 12.8 Å². The molecule has 0 spiro atoms. The maximum Gasteiger partial charge on any atom is 0.239 e. The summed E-state index contributed by atoms with van der Waals surface area (Å²) in [6, 6.07) is 0.309. The summed E-state index contributed by atoms with van der Waals surface area (Å²) in [6.07, 6.45) is 8.02. The van der Waals surface area contributed by atoms with Gasteiger partial charge in [0.15, 0.2) is 0 Å². The number of hydrogen-bond donors (Lipinski definition) is 1. The summed E-state index contributed by atoms with van der Waals surface area (Å²) >= 11 is 6.26. The predicted octanol–water partition coefficient (Wildman–Crippen LogP) is 3.53. The van der Waals surface area contributed by atoms with Crippen molar-refractivity contribution in [3.8, 4) is 0 Å². The SMILES string of the molecule is CC/C=C(\C(Cl)=C/CC(C)NC)c1nccnc1F. The van der Waals surface area contributed by atoms with Gasteiger partial charge in [0.05, 0.1) is 0 Å². The molecule has 0 fully saturated rings. The third-order valence-corrected chi connectivity index (χ3v) is 3.08. The number of nitrogens with one attached hydrogen (secondary N) is 1. The van der Waals surface area contributed by atoms with Crippen LogP contribution in [0, 0.1) is 5.95 Å². The molecule has 1 aromatic rings. The zero-order chi connectivity index (χ0) is 14.3. The van der Waals surface area contributed by atoms with Crippen molar-refractivity contribution >= 4 is 17.2 Å². The third kappa shape index (κ3) is 4.73. The minimum Gasteiger partial charge on any atom is -0.317 e. The first-order chi connectivity index (χ1) is 9.10. The second kappa shape index (κ2) is 8.02. The predicted molar refractivity (Wildman–Crippen MR) is 77.3 cm³/mol. The van der Waals surface area contributed by atoms with E-state index in [0.29, 0.717) is 16.6 Å². The average Bonchev–Trinajstić information content (AvgIpc) is 2.42. The molecule has 0 aromatic carbocycles. The minimum atomic E-state index is -0.601. The molecule has 1 unspecified atom stereocenters. The third-order valence-electron chi connectivity index (χ3n) is 2.72. The Labute approximate surface area is 118 Å². The zero-order valence-corrected chi connectivity index (χ0v) is 12.2. The van der Waals surface area contributed by atoms with Gasteiger partial charge in [-0.2, -0.15) is 4.39 Å². The van der Waals surface area contributed by atoms with Crippen molar-refractivity contribution in [2.24, 2.45) is 0 Å². The fourth-order valence-corrected chi connectivity index (χ4v) is 1.78. The zero-order valence-electron chi connectivity index (χ0n) is 11.5. The van der Waals surface area contributed by atoms with Gasteiger partial charge in [0, 0.05) is 29.0 Å². The van der Waals surface area contributed by atoms with Crippen molar-refractivity contribution in [1.29, 1.82) is 0 Å². The highest BCUT2D eigenvalue weighted by Gasteiger charge is 2.13. The van der Waals surface area contributed by atoms with Gasteiger partial charge in [0.25, 0.3) is 0 Å². The van der Waals surface area contributed by atoms with Crippen molar-refractivity contribution in [3.63, 3.8) is 0 Å². The van der Waals surface area contributed by atoms with E-state index in [-0.39, 0.29) is 5.69 Å². The van der Waals surface area contributed by atoms with Crippen LogP contribution in [0.2, 0.25) is 0 Å². The molecule has 1 N–H and O–H groups in total. The first-order valence-electron chi connectivity index (χ1n) is 6.30. The van der Waals surface area contributed by atoms with E-state index in [4.69, 9.17) is 11.6 Å². The van der Waals surface area contributed by atoms with Crippen LogP contribution in [0.5, 0.6) is 0 Å². The van der Waals surface area contributed by atoms with Gasteiger partial charge < -0.3 is 5.32 Å². The first-order valence-corrected chi connectivity index (χ1v) is 6.68. The van der Waals surface area contributed by atoms with Gasteiger partial charge in [0.1, 0.15) is 5.69 Å². The molecular formula is C14H19ClFN3. The topological polar surface area (TPSA) is 37.8 Å². The van der Waals surface area contributed by atoms with Crippen molar-refractivity contribution in [1.82, 2.24) is 15.3 Å². The fourth-order valence-electron chi connectivity index (χ4n) is 1.52. The van der Waals surface area contributed by atoms with E-state index >= 15 is 0 Å². The van der Waals surface area contributed by atoms with E-state index in [2.05, 4.69) is 15.3 Å². The number of nitrogens with zero attached hydrogens (tertiary/aromatic N) is 2.